The van der Waals surface area contributed by atoms with Crippen LogP contribution in [0.4, 0.5) is 0 Å². The number of nitrogens with zero attached hydrogens (tertiary/aromatic N) is 2. The van der Waals surface area contributed by atoms with Crippen LogP contribution in [-0.4, -0.2) is 11.6 Å². The molecule has 0 fully saturated rings. The Morgan fingerprint density at radius 3 is 2.24 bits per heavy atom. The van der Waals surface area contributed by atoms with E-state index in [1.165, 1.54) is 0 Å². The SMILES string of the molecule is N#CC(C#N)=CC(=O)CC(=O)c1ccccc1. The van der Waals surface area contributed by atoms with Gasteiger partial charge in [0.2, 0.25) is 0 Å². The quantitative estimate of drug-likeness (QED) is 0.338. The lowest BCUT2D eigenvalue weighted by Gasteiger charge is -1.97. The minimum atomic E-state index is -0.544. The number of nitriles is 2. The zero-order valence-electron chi connectivity index (χ0n) is 8.88. The Morgan fingerprint density at radius 1 is 1.12 bits per heavy atom. The molecular formula is C13H8N2O2. The summed E-state index contributed by atoms with van der Waals surface area (Å²) in [6.45, 7) is 0. The summed E-state index contributed by atoms with van der Waals surface area (Å²) >= 11 is 0. The van der Waals surface area contributed by atoms with E-state index in [9.17, 15) is 9.59 Å². The molecule has 1 aromatic rings. The summed E-state index contributed by atoms with van der Waals surface area (Å²) in [5, 5.41) is 16.9. The van der Waals surface area contributed by atoms with Crippen LogP contribution in [-0.2, 0) is 4.79 Å². The van der Waals surface area contributed by atoms with Gasteiger partial charge in [-0.05, 0) is 0 Å². The number of rotatable bonds is 4. The van der Waals surface area contributed by atoms with Gasteiger partial charge in [-0.2, -0.15) is 10.5 Å². The summed E-state index contributed by atoms with van der Waals surface area (Å²) in [6, 6.07) is 11.5. The van der Waals surface area contributed by atoms with Crippen molar-refractivity contribution in [3.63, 3.8) is 0 Å². The fourth-order valence-corrected chi connectivity index (χ4v) is 1.19. The molecule has 0 saturated heterocycles. The average Bonchev–Trinajstić information content (AvgIpc) is 2.37. The Labute approximate surface area is 98.4 Å². The highest BCUT2D eigenvalue weighted by Crippen LogP contribution is 2.04. The maximum Gasteiger partial charge on any atom is 0.170 e. The minimum absolute atomic E-state index is 0.295. The van der Waals surface area contributed by atoms with Gasteiger partial charge in [-0.15, -0.1) is 0 Å². The summed E-state index contributed by atoms with van der Waals surface area (Å²) in [5.74, 6) is -0.876. The first kappa shape index (κ1) is 12.4. The van der Waals surface area contributed by atoms with Gasteiger partial charge >= 0.3 is 0 Å². The molecule has 0 N–H and O–H groups in total. The number of hydrogen-bond acceptors (Lipinski definition) is 4. The standard InChI is InChI=1S/C13H8N2O2/c14-8-10(9-15)6-12(16)7-13(17)11-4-2-1-3-5-11/h1-6H,7H2. The Morgan fingerprint density at radius 2 is 1.71 bits per heavy atom. The van der Waals surface area contributed by atoms with E-state index >= 15 is 0 Å². The second-order valence-corrected chi connectivity index (χ2v) is 3.21. The third-order valence-electron chi connectivity index (χ3n) is 1.98. The summed E-state index contributed by atoms with van der Waals surface area (Å²) in [7, 11) is 0. The van der Waals surface area contributed by atoms with Gasteiger partial charge in [-0.25, -0.2) is 0 Å². The van der Waals surface area contributed by atoms with Crippen LogP contribution in [0.2, 0.25) is 0 Å². The van der Waals surface area contributed by atoms with E-state index in [1.807, 2.05) is 0 Å². The van der Waals surface area contributed by atoms with Crippen LogP contribution >= 0.6 is 0 Å². The van der Waals surface area contributed by atoms with Crippen LogP contribution in [0.1, 0.15) is 16.8 Å². The summed E-state index contributed by atoms with van der Waals surface area (Å²) in [6.07, 6.45) is 0.553. The first-order chi connectivity index (χ1) is 8.17. The summed E-state index contributed by atoms with van der Waals surface area (Å²) < 4.78 is 0. The topological polar surface area (TPSA) is 81.7 Å². The molecule has 17 heavy (non-hydrogen) atoms. The first-order valence-corrected chi connectivity index (χ1v) is 4.80. The molecule has 4 heteroatoms. The Balaban J connectivity index is 2.73. The second-order valence-electron chi connectivity index (χ2n) is 3.21. The second kappa shape index (κ2) is 5.99. The third-order valence-corrected chi connectivity index (χ3v) is 1.98. The molecule has 0 atom stereocenters. The van der Waals surface area contributed by atoms with Crippen molar-refractivity contribution in [3.05, 3.63) is 47.5 Å². The van der Waals surface area contributed by atoms with Crippen molar-refractivity contribution in [2.45, 2.75) is 6.42 Å². The molecule has 4 nitrogen and oxygen atoms in total. The number of carbonyl (C=O) groups is 2. The van der Waals surface area contributed by atoms with E-state index in [2.05, 4.69) is 0 Å². The highest BCUT2D eigenvalue weighted by molar-refractivity contribution is 6.11. The molecule has 0 aliphatic heterocycles. The van der Waals surface area contributed by atoms with E-state index in [4.69, 9.17) is 10.5 Å². The maximum absolute atomic E-state index is 11.6. The van der Waals surface area contributed by atoms with Gasteiger partial charge in [0.25, 0.3) is 0 Å². The zero-order valence-corrected chi connectivity index (χ0v) is 8.88. The molecule has 0 heterocycles. The van der Waals surface area contributed by atoms with E-state index in [0.717, 1.165) is 6.08 Å². The number of carbonyl (C=O) groups excluding carboxylic acids is 2. The van der Waals surface area contributed by atoms with Crippen molar-refractivity contribution in [3.8, 4) is 12.1 Å². The van der Waals surface area contributed by atoms with E-state index in [1.54, 1.807) is 42.5 Å². The molecule has 1 aromatic carbocycles. The van der Waals surface area contributed by atoms with Crippen LogP contribution in [0.3, 0.4) is 0 Å². The van der Waals surface area contributed by atoms with Gasteiger partial charge in [0, 0.05) is 11.6 Å². The molecule has 0 aliphatic rings. The van der Waals surface area contributed by atoms with Gasteiger partial charge in [-0.3, -0.25) is 9.59 Å². The van der Waals surface area contributed by atoms with Crippen molar-refractivity contribution >= 4 is 11.6 Å². The first-order valence-electron chi connectivity index (χ1n) is 4.80. The van der Waals surface area contributed by atoms with Gasteiger partial charge in [0.15, 0.2) is 11.6 Å². The van der Waals surface area contributed by atoms with E-state index in [0.29, 0.717) is 5.56 Å². The van der Waals surface area contributed by atoms with Crippen molar-refractivity contribution in [2.75, 3.05) is 0 Å². The highest BCUT2D eigenvalue weighted by Gasteiger charge is 2.10. The van der Waals surface area contributed by atoms with Crippen LogP contribution in [0.15, 0.2) is 42.0 Å². The van der Waals surface area contributed by atoms with Gasteiger partial charge in [0.1, 0.15) is 17.7 Å². The monoisotopic (exact) mass is 224 g/mol. The molecule has 0 radical (unpaired) electrons. The fraction of sp³-hybridized carbons (Fsp3) is 0.0769. The van der Waals surface area contributed by atoms with Crippen molar-refractivity contribution < 1.29 is 9.59 Å². The van der Waals surface area contributed by atoms with Gasteiger partial charge in [-0.1, -0.05) is 30.3 Å². The van der Waals surface area contributed by atoms with Crippen LogP contribution in [0.25, 0.3) is 0 Å². The van der Waals surface area contributed by atoms with E-state index < -0.39 is 5.78 Å². The van der Waals surface area contributed by atoms with Crippen molar-refractivity contribution in [2.24, 2.45) is 0 Å². The Bertz CT molecular complexity index is 529. The fourth-order valence-electron chi connectivity index (χ4n) is 1.19. The molecule has 0 unspecified atom stereocenters. The smallest absolute Gasteiger partial charge is 0.170 e. The van der Waals surface area contributed by atoms with E-state index in [-0.39, 0.29) is 17.8 Å². The molecular weight excluding hydrogens is 216 g/mol. The van der Waals surface area contributed by atoms with Crippen molar-refractivity contribution in [1.29, 1.82) is 10.5 Å². The minimum Gasteiger partial charge on any atom is -0.294 e. The number of hydrogen-bond donors (Lipinski definition) is 0. The Hall–Kier alpha value is -2.72. The maximum atomic E-state index is 11.6. The van der Waals surface area contributed by atoms with Crippen LogP contribution in [0, 0.1) is 22.7 Å². The van der Waals surface area contributed by atoms with Crippen LogP contribution < -0.4 is 0 Å². The molecule has 0 saturated carbocycles. The summed E-state index contributed by atoms with van der Waals surface area (Å²) in [4.78, 5) is 23.0. The molecule has 0 bridgehead atoms. The number of benzene rings is 1. The average molecular weight is 224 g/mol. The molecule has 82 valence electrons. The largest absolute Gasteiger partial charge is 0.294 e. The predicted molar refractivity (Wildman–Crippen MR) is 59.7 cm³/mol. The number of Topliss-reactive ketones (excluding diaryl/α,β-unsaturated/α-hetero) is 1. The van der Waals surface area contributed by atoms with Gasteiger partial charge in [0.05, 0.1) is 6.42 Å². The lowest BCUT2D eigenvalue weighted by molar-refractivity contribution is -0.113. The molecule has 0 aliphatic carbocycles. The Kier molecular flexibility index (Phi) is 4.35. The lowest BCUT2D eigenvalue weighted by atomic mass is 10.1. The lowest BCUT2D eigenvalue weighted by Crippen LogP contribution is -2.06. The molecule has 0 amide bonds. The highest BCUT2D eigenvalue weighted by atomic mass is 16.1. The predicted octanol–water partition coefficient (Wildman–Crippen LogP) is 1.80. The zero-order chi connectivity index (χ0) is 12.7. The van der Waals surface area contributed by atoms with Gasteiger partial charge < -0.3 is 0 Å². The molecule has 0 aromatic heterocycles. The molecule has 0 spiro atoms. The van der Waals surface area contributed by atoms with Crippen LogP contribution in [0.5, 0.6) is 0 Å². The number of allylic oxidation sites excluding steroid dienone is 2. The number of ketones is 2. The summed E-state index contributed by atoms with van der Waals surface area (Å²) in [5.41, 5.74) is 0.139. The third kappa shape index (κ3) is 3.73. The van der Waals surface area contributed by atoms with Crippen molar-refractivity contribution in [1.82, 2.24) is 0 Å². The molecule has 1 rings (SSSR count). The normalized spacial score (nSPS) is 8.59.